The maximum absolute atomic E-state index is 13.4. The number of amides is 1. The number of hydrogen-bond donors (Lipinski definition) is 0. The highest BCUT2D eigenvalue weighted by atomic mass is 35.5. The first-order valence-corrected chi connectivity index (χ1v) is 11.0. The molecule has 1 amide bonds. The molecule has 0 radical (unpaired) electrons. The molecule has 0 saturated heterocycles. The number of benzene rings is 2. The van der Waals surface area contributed by atoms with Gasteiger partial charge in [0.15, 0.2) is 5.13 Å². The third-order valence-corrected chi connectivity index (χ3v) is 6.38. The minimum atomic E-state index is -0.212. The molecule has 0 atom stereocenters. The molecule has 0 fully saturated rings. The first kappa shape index (κ1) is 21.8. The number of fused-ring (bicyclic) bond motifs is 1. The van der Waals surface area contributed by atoms with Crippen molar-refractivity contribution in [2.75, 3.05) is 38.2 Å². The van der Waals surface area contributed by atoms with E-state index in [1.54, 1.807) is 30.2 Å². The number of aromatic nitrogens is 1. The molecule has 0 unspecified atom stereocenters. The van der Waals surface area contributed by atoms with E-state index in [1.165, 1.54) is 11.3 Å². The van der Waals surface area contributed by atoms with Crippen molar-refractivity contribution in [3.05, 3.63) is 52.0 Å². The van der Waals surface area contributed by atoms with Crippen LogP contribution in [0.15, 0.2) is 36.4 Å². The molecule has 3 rings (SSSR count). The van der Waals surface area contributed by atoms with E-state index in [2.05, 4.69) is 18.7 Å². The Labute approximate surface area is 184 Å². The number of carbonyl (C=O) groups is 1. The average Bonchev–Trinajstić information content (AvgIpc) is 3.15. The normalized spacial score (nSPS) is 11.2. The van der Waals surface area contributed by atoms with Crippen LogP contribution in [0, 0.1) is 0 Å². The number of nitrogens with zero attached hydrogens (tertiary/aromatic N) is 3. The van der Waals surface area contributed by atoms with E-state index < -0.39 is 0 Å². The van der Waals surface area contributed by atoms with Gasteiger partial charge in [0.25, 0.3) is 5.91 Å². The zero-order chi connectivity index (χ0) is 21.0. The van der Waals surface area contributed by atoms with Gasteiger partial charge >= 0.3 is 0 Å². The Balaban J connectivity index is 2.00. The largest absolute Gasteiger partial charge is 0.497 e. The van der Waals surface area contributed by atoms with Crippen molar-refractivity contribution in [1.82, 2.24) is 9.88 Å². The minimum Gasteiger partial charge on any atom is -0.497 e. The van der Waals surface area contributed by atoms with Crippen LogP contribution in [0.4, 0.5) is 5.13 Å². The Hall–Kier alpha value is -1.86. The molecule has 1 heterocycles. The molecule has 0 saturated carbocycles. The van der Waals surface area contributed by atoms with E-state index in [9.17, 15) is 4.79 Å². The lowest BCUT2D eigenvalue weighted by molar-refractivity contribution is 0.0984. The van der Waals surface area contributed by atoms with Gasteiger partial charge in [-0.3, -0.25) is 9.69 Å². The molecular formula is C21H23Cl2N3O2S. The fourth-order valence-corrected chi connectivity index (χ4v) is 4.35. The van der Waals surface area contributed by atoms with Crippen molar-refractivity contribution in [2.45, 2.75) is 13.8 Å². The summed E-state index contributed by atoms with van der Waals surface area (Å²) in [5, 5.41) is 1.46. The molecule has 0 spiro atoms. The molecular weight excluding hydrogens is 429 g/mol. The molecule has 0 aliphatic rings. The van der Waals surface area contributed by atoms with Crippen LogP contribution in [0.3, 0.4) is 0 Å². The molecule has 1 aromatic heterocycles. The molecule has 3 aromatic rings. The molecule has 0 aliphatic heterocycles. The molecule has 0 aliphatic carbocycles. The maximum Gasteiger partial charge on any atom is 0.261 e. The zero-order valence-electron chi connectivity index (χ0n) is 16.6. The SMILES string of the molecule is CCN(CC)CCN(C(=O)c1cc(Cl)ccc1Cl)c1nc2cc(OC)ccc2s1. The van der Waals surface area contributed by atoms with Gasteiger partial charge in [0, 0.05) is 24.2 Å². The van der Waals surface area contributed by atoms with Gasteiger partial charge in [0.2, 0.25) is 0 Å². The van der Waals surface area contributed by atoms with Crippen LogP contribution in [0.25, 0.3) is 10.2 Å². The number of rotatable bonds is 8. The van der Waals surface area contributed by atoms with Crippen LogP contribution in [-0.4, -0.2) is 49.1 Å². The van der Waals surface area contributed by atoms with Crippen molar-refractivity contribution in [3.8, 4) is 5.75 Å². The summed E-state index contributed by atoms with van der Waals surface area (Å²) in [5.41, 5.74) is 1.16. The minimum absolute atomic E-state index is 0.212. The summed E-state index contributed by atoms with van der Waals surface area (Å²) in [6.07, 6.45) is 0. The van der Waals surface area contributed by atoms with Crippen LogP contribution < -0.4 is 9.64 Å². The Kier molecular flexibility index (Phi) is 7.35. The van der Waals surface area contributed by atoms with Crippen molar-refractivity contribution >= 4 is 55.8 Å². The number of hydrogen-bond acceptors (Lipinski definition) is 5. The van der Waals surface area contributed by atoms with Gasteiger partial charge in [0.05, 0.1) is 27.9 Å². The van der Waals surface area contributed by atoms with Gasteiger partial charge < -0.3 is 9.64 Å². The van der Waals surface area contributed by atoms with E-state index in [0.717, 1.165) is 35.6 Å². The average molecular weight is 452 g/mol. The summed E-state index contributed by atoms with van der Waals surface area (Å²) >= 11 is 13.9. The van der Waals surface area contributed by atoms with Crippen LogP contribution in [0.2, 0.25) is 10.0 Å². The lowest BCUT2D eigenvalue weighted by atomic mass is 10.2. The molecule has 2 aromatic carbocycles. The van der Waals surface area contributed by atoms with Gasteiger partial charge in [-0.25, -0.2) is 4.98 Å². The lowest BCUT2D eigenvalue weighted by Gasteiger charge is -2.25. The van der Waals surface area contributed by atoms with E-state index >= 15 is 0 Å². The number of likely N-dealkylation sites (N-methyl/N-ethyl adjacent to an activating group) is 1. The van der Waals surface area contributed by atoms with E-state index in [1.807, 2.05) is 18.2 Å². The standard InChI is InChI=1S/C21H23Cl2N3O2S/c1-4-25(5-2)10-11-26(20(27)16-12-14(22)6-8-17(16)23)21-24-18-13-15(28-3)7-9-19(18)29-21/h6-9,12-13H,4-5,10-11H2,1-3H3. The first-order valence-electron chi connectivity index (χ1n) is 9.40. The number of carbonyl (C=O) groups excluding carboxylic acids is 1. The summed E-state index contributed by atoms with van der Waals surface area (Å²) in [5.74, 6) is 0.518. The molecule has 8 heteroatoms. The Bertz CT molecular complexity index is 1000. The lowest BCUT2D eigenvalue weighted by Crippen LogP contribution is -2.39. The number of methoxy groups -OCH3 is 1. The van der Waals surface area contributed by atoms with Crippen LogP contribution in [0.5, 0.6) is 5.75 Å². The topological polar surface area (TPSA) is 45.7 Å². The summed E-state index contributed by atoms with van der Waals surface area (Å²) in [6.45, 7) is 7.26. The highest BCUT2D eigenvalue weighted by Crippen LogP contribution is 2.33. The third kappa shape index (κ3) is 5.01. The molecule has 0 bridgehead atoms. The second-order valence-electron chi connectivity index (χ2n) is 6.44. The number of thiazole rings is 1. The Morgan fingerprint density at radius 2 is 1.86 bits per heavy atom. The van der Waals surface area contributed by atoms with Crippen LogP contribution in [-0.2, 0) is 0 Å². The van der Waals surface area contributed by atoms with Crippen molar-refractivity contribution in [2.24, 2.45) is 0 Å². The highest BCUT2D eigenvalue weighted by molar-refractivity contribution is 7.22. The summed E-state index contributed by atoms with van der Waals surface area (Å²) in [4.78, 5) is 22.1. The smallest absolute Gasteiger partial charge is 0.261 e. The second kappa shape index (κ2) is 9.76. The zero-order valence-corrected chi connectivity index (χ0v) is 18.9. The quantitative estimate of drug-likeness (QED) is 0.446. The highest BCUT2D eigenvalue weighted by Gasteiger charge is 2.24. The molecule has 29 heavy (non-hydrogen) atoms. The van der Waals surface area contributed by atoms with E-state index in [-0.39, 0.29) is 5.91 Å². The number of ether oxygens (including phenoxy) is 1. The van der Waals surface area contributed by atoms with Gasteiger partial charge in [-0.05, 0) is 43.4 Å². The van der Waals surface area contributed by atoms with Crippen LogP contribution >= 0.6 is 34.5 Å². The Morgan fingerprint density at radius 1 is 1.10 bits per heavy atom. The fourth-order valence-electron chi connectivity index (χ4n) is 3.01. The van der Waals surface area contributed by atoms with Gasteiger partial charge in [-0.2, -0.15) is 0 Å². The first-order chi connectivity index (χ1) is 14.0. The number of anilines is 1. The van der Waals surface area contributed by atoms with Crippen LogP contribution in [0.1, 0.15) is 24.2 Å². The van der Waals surface area contributed by atoms with Crippen molar-refractivity contribution in [3.63, 3.8) is 0 Å². The predicted octanol–water partition coefficient (Wildman–Crippen LogP) is 5.60. The van der Waals surface area contributed by atoms with E-state index in [0.29, 0.717) is 27.3 Å². The van der Waals surface area contributed by atoms with Gasteiger partial charge in [-0.1, -0.05) is 48.4 Å². The van der Waals surface area contributed by atoms with Crippen molar-refractivity contribution in [1.29, 1.82) is 0 Å². The monoisotopic (exact) mass is 451 g/mol. The molecule has 154 valence electrons. The maximum atomic E-state index is 13.4. The summed E-state index contributed by atoms with van der Waals surface area (Å²) < 4.78 is 6.28. The third-order valence-electron chi connectivity index (χ3n) is 4.75. The van der Waals surface area contributed by atoms with Gasteiger partial charge in [0.1, 0.15) is 5.75 Å². The summed E-state index contributed by atoms with van der Waals surface area (Å²) in [7, 11) is 1.62. The number of halogens is 2. The van der Waals surface area contributed by atoms with E-state index in [4.69, 9.17) is 32.9 Å². The van der Waals surface area contributed by atoms with Gasteiger partial charge in [-0.15, -0.1) is 0 Å². The Morgan fingerprint density at radius 3 is 2.55 bits per heavy atom. The summed E-state index contributed by atoms with van der Waals surface area (Å²) in [6, 6.07) is 10.6. The molecule has 5 nitrogen and oxygen atoms in total. The van der Waals surface area contributed by atoms with Crippen molar-refractivity contribution < 1.29 is 9.53 Å². The predicted molar refractivity (Wildman–Crippen MR) is 122 cm³/mol. The second-order valence-corrected chi connectivity index (χ2v) is 8.29. The fraction of sp³-hybridized carbons (Fsp3) is 0.333. The molecule has 0 N–H and O–H groups in total.